The van der Waals surface area contributed by atoms with E-state index in [9.17, 15) is 18.0 Å². The summed E-state index contributed by atoms with van der Waals surface area (Å²) in [6.07, 6.45) is -0.851. The SMILES string of the molecule is CCc1ccc([C@H]2C[C@@H](C(F)(F)F)n3ncc(CC(=O)NCc4cc(C)ccn4)c3N2)cc1. The number of fused-ring (bicyclic) bond motifs is 1. The van der Waals surface area contributed by atoms with Crippen molar-refractivity contribution >= 4 is 11.7 Å². The average Bonchev–Trinajstić information content (AvgIpc) is 3.19. The maximum atomic E-state index is 13.9. The van der Waals surface area contributed by atoms with Crippen LogP contribution in [0.25, 0.3) is 0 Å². The first kappa shape index (κ1) is 22.8. The van der Waals surface area contributed by atoms with Crippen molar-refractivity contribution in [2.75, 3.05) is 5.32 Å². The fourth-order valence-corrected chi connectivity index (χ4v) is 4.07. The first-order chi connectivity index (χ1) is 15.7. The molecular formula is C24H26F3N5O. The minimum absolute atomic E-state index is 0.0831. The molecule has 33 heavy (non-hydrogen) atoms. The van der Waals surface area contributed by atoms with Crippen LogP contribution in [-0.2, 0) is 24.2 Å². The molecule has 1 aliphatic rings. The Balaban J connectivity index is 1.53. The number of anilines is 1. The van der Waals surface area contributed by atoms with E-state index in [0.717, 1.165) is 27.8 Å². The van der Waals surface area contributed by atoms with Gasteiger partial charge in [0.25, 0.3) is 0 Å². The minimum Gasteiger partial charge on any atom is -0.363 e. The van der Waals surface area contributed by atoms with Gasteiger partial charge in [0.05, 0.1) is 30.9 Å². The molecule has 1 amide bonds. The van der Waals surface area contributed by atoms with E-state index < -0.39 is 18.3 Å². The summed E-state index contributed by atoms with van der Waals surface area (Å²) >= 11 is 0. The molecule has 0 saturated carbocycles. The molecule has 2 atom stereocenters. The van der Waals surface area contributed by atoms with E-state index in [2.05, 4.69) is 20.7 Å². The predicted molar refractivity (Wildman–Crippen MR) is 119 cm³/mol. The number of rotatable bonds is 6. The summed E-state index contributed by atoms with van der Waals surface area (Å²) in [5.41, 5.74) is 4.06. The highest BCUT2D eigenvalue weighted by Gasteiger charge is 2.46. The number of amides is 1. The van der Waals surface area contributed by atoms with Crippen molar-refractivity contribution in [3.05, 3.63) is 76.7 Å². The van der Waals surface area contributed by atoms with Gasteiger partial charge in [-0.25, -0.2) is 4.68 Å². The van der Waals surface area contributed by atoms with Crippen LogP contribution >= 0.6 is 0 Å². The topological polar surface area (TPSA) is 71.8 Å². The lowest BCUT2D eigenvalue weighted by Crippen LogP contribution is -2.36. The van der Waals surface area contributed by atoms with E-state index in [0.29, 0.717) is 11.3 Å². The Kier molecular flexibility index (Phi) is 6.40. The van der Waals surface area contributed by atoms with E-state index in [-0.39, 0.29) is 31.1 Å². The standard InChI is InChI=1S/C24H26F3N5O/c1-3-16-4-6-17(7-5-16)20-12-21(24(25,26)27)32-23(31-20)18(13-30-32)11-22(33)29-14-19-10-15(2)8-9-28-19/h4-10,13,20-21,31H,3,11-12,14H2,1-2H3,(H,29,33)/t20-,21+/m1/s1. The van der Waals surface area contributed by atoms with Crippen molar-refractivity contribution in [1.82, 2.24) is 20.1 Å². The Labute approximate surface area is 190 Å². The minimum atomic E-state index is -4.46. The summed E-state index contributed by atoms with van der Waals surface area (Å²) in [6, 6.07) is 9.00. The van der Waals surface area contributed by atoms with Crippen LogP contribution in [0.3, 0.4) is 0 Å². The van der Waals surface area contributed by atoms with Crippen LogP contribution in [0.4, 0.5) is 19.0 Å². The van der Waals surface area contributed by atoms with Gasteiger partial charge < -0.3 is 10.6 Å². The molecule has 1 aliphatic heterocycles. The van der Waals surface area contributed by atoms with E-state index in [4.69, 9.17) is 0 Å². The maximum absolute atomic E-state index is 13.9. The molecule has 1 aromatic carbocycles. The number of alkyl halides is 3. The van der Waals surface area contributed by atoms with Gasteiger partial charge in [-0.15, -0.1) is 0 Å². The van der Waals surface area contributed by atoms with Gasteiger partial charge in [0.2, 0.25) is 5.91 Å². The van der Waals surface area contributed by atoms with Crippen molar-refractivity contribution in [3.63, 3.8) is 0 Å². The van der Waals surface area contributed by atoms with Crippen LogP contribution in [0.1, 0.15) is 53.4 Å². The zero-order valence-electron chi connectivity index (χ0n) is 18.5. The molecule has 0 radical (unpaired) electrons. The molecular weight excluding hydrogens is 431 g/mol. The largest absolute Gasteiger partial charge is 0.410 e. The third-order valence-corrected chi connectivity index (χ3v) is 5.89. The highest BCUT2D eigenvalue weighted by Crippen LogP contribution is 2.44. The molecule has 4 rings (SSSR count). The quantitative estimate of drug-likeness (QED) is 0.565. The number of nitrogens with one attached hydrogen (secondary N) is 2. The monoisotopic (exact) mass is 457 g/mol. The second-order valence-electron chi connectivity index (χ2n) is 8.33. The van der Waals surface area contributed by atoms with E-state index in [1.807, 2.05) is 50.2 Å². The number of hydrogen-bond donors (Lipinski definition) is 2. The summed E-state index contributed by atoms with van der Waals surface area (Å²) in [5, 5.41) is 9.96. The Bertz CT molecular complexity index is 1120. The summed E-state index contributed by atoms with van der Waals surface area (Å²) < 4.78 is 42.6. The number of carbonyl (C=O) groups is 1. The van der Waals surface area contributed by atoms with Gasteiger partial charge in [-0.05, 0) is 42.2 Å². The zero-order valence-corrected chi connectivity index (χ0v) is 18.5. The van der Waals surface area contributed by atoms with Crippen LogP contribution in [0.15, 0.2) is 48.8 Å². The van der Waals surface area contributed by atoms with Crippen LogP contribution in [-0.4, -0.2) is 26.8 Å². The number of aryl methyl sites for hydroxylation is 2. The molecule has 2 N–H and O–H groups in total. The Morgan fingerprint density at radius 3 is 2.67 bits per heavy atom. The van der Waals surface area contributed by atoms with Gasteiger partial charge in [0.1, 0.15) is 5.82 Å². The van der Waals surface area contributed by atoms with Crippen molar-refractivity contribution in [2.45, 2.75) is 57.9 Å². The smallest absolute Gasteiger partial charge is 0.363 e. The highest BCUT2D eigenvalue weighted by molar-refractivity contribution is 5.80. The normalized spacial score (nSPS) is 17.8. The molecule has 6 nitrogen and oxygen atoms in total. The van der Waals surface area contributed by atoms with Gasteiger partial charge in [0, 0.05) is 18.2 Å². The lowest BCUT2D eigenvalue weighted by atomic mass is 9.95. The average molecular weight is 458 g/mol. The first-order valence-corrected chi connectivity index (χ1v) is 10.9. The molecule has 3 heterocycles. The fourth-order valence-electron chi connectivity index (χ4n) is 4.07. The van der Waals surface area contributed by atoms with E-state index in [1.54, 1.807) is 6.20 Å². The van der Waals surface area contributed by atoms with Gasteiger partial charge in [-0.3, -0.25) is 9.78 Å². The third-order valence-electron chi connectivity index (χ3n) is 5.89. The molecule has 2 aromatic heterocycles. The zero-order chi connectivity index (χ0) is 23.6. The number of hydrogen-bond acceptors (Lipinski definition) is 4. The molecule has 0 unspecified atom stereocenters. The molecule has 0 spiro atoms. The second kappa shape index (κ2) is 9.25. The molecule has 0 aliphatic carbocycles. The summed E-state index contributed by atoms with van der Waals surface area (Å²) in [4.78, 5) is 16.7. The Hall–Kier alpha value is -3.36. The van der Waals surface area contributed by atoms with Gasteiger partial charge >= 0.3 is 6.18 Å². The lowest BCUT2D eigenvalue weighted by Gasteiger charge is -2.34. The first-order valence-electron chi connectivity index (χ1n) is 10.9. The molecule has 3 aromatic rings. The molecule has 0 bridgehead atoms. The van der Waals surface area contributed by atoms with Crippen LogP contribution in [0.5, 0.6) is 0 Å². The molecule has 0 saturated heterocycles. The summed E-state index contributed by atoms with van der Waals surface area (Å²) in [6.45, 7) is 4.20. The molecule has 174 valence electrons. The number of nitrogens with zero attached hydrogens (tertiary/aromatic N) is 3. The van der Waals surface area contributed by atoms with E-state index >= 15 is 0 Å². The number of aromatic nitrogens is 3. The lowest BCUT2D eigenvalue weighted by molar-refractivity contribution is -0.173. The van der Waals surface area contributed by atoms with Gasteiger partial charge in [-0.1, -0.05) is 31.2 Å². The molecule has 0 fully saturated rings. The van der Waals surface area contributed by atoms with Crippen molar-refractivity contribution in [2.24, 2.45) is 0 Å². The second-order valence-corrected chi connectivity index (χ2v) is 8.33. The predicted octanol–water partition coefficient (Wildman–Crippen LogP) is 4.67. The summed E-state index contributed by atoms with van der Waals surface area (Å²) in [5.74, 6) is -0.0779. The van der Waals surface area contributed by atoms with Crippen LogP contribution in [0.2, 0.25) is 0 Å². The number of benzene rings is 1. The Morgan fingerprint density at radius 1 is 1.24 bits per heavy atom. The molecule has 9 heteroatoms. The maximum Gasteiger partial charge on any atom is 0.410 e. The Morgan fingerprint density at radius 2 is 2.00 bits per heavy atom. The van der Waals surface area contributed by atoms with Crippen molar-refractivity contribution < 1.29 is 18.0 Å². The highest BCUT2D eigenvalue weighted by atomic mass is 19.4. The van der Waals surface area contributed by atoms with E-state index in [1.165, 1.54) is 6.20 Å². The number of halogens is 3. The third kappa shape index (κ3) is 5.18. The van der Waals surface area contributed by atoms with Crippen molar-refractivity contribution in [1.29, 1.82) is 0 Å². The van der Waals surface area contributed by atoms with Crippen LogP contribution in [0, 0.1) is 6.92 Å². The van der Waals surface area contributed by atoms with Gasteiger partial charge in [-0.2, -0.15) is 18.3 Å². The van der Waals surface area contributed by atoms with Crippen molar-refractivity contribution in [3.8, 4) is 0 Å². The fraction of sp³-hybridized carbons (Fsp3) is 0.375. The summed E-state index contributed by atoms with van der Waals surface area (Å²) in [7, 11) is 0. The van der Waals surface area contributed by atoms with Gasteiger partial charge in [0.15, 0.2) is 6.04 Å². The number of pyridine rings is 1. The number of carbonyl (C=O) groups excluding carboxylic acids is 1. The van der Waals surface area contributed by atoms with Crippen LogP contribution < -0.4 is 10.6 Å².